The number of hydrogen-bond donors (Lipinski definition) is 1. The lowest BCUT2D eigenvalue weighted by Crippen LogP contribution is -2.29. The molecule has 18 heavy (non-hydrogen) atoms. The van der Waals surface area contributed by atoms with Crippen LogP contribution in [0, 0.1) is 11.2 Å². The number of ether oxygens (including phenoxy) is 1. The second-order valence-corrected chi connectivity index (χ2v) is 5.58. The largest absolute Gasteiger partial charge is 0.472 e. The van der Waals surface area contributed by atoms with Crippen LogP contribution < -0.4 is 10.1 Å². The van der Waals surface area contributed by atoms with Crippen molar-refractivity contribution in [3.63, 3.8) is 0 Å². The monoisotopic (exact) mass is 253 g/mol. The van der Waals surface area contributed by atoms with E-state index in [2.05, 4.69) is 29.1 Å². The van der Waals surface area contributed by atoms with Gasteiger partial charge >= 0.3 is 0 Å². The number of rotatable bonds is 3. The molecule has 4 nitrogen and oxygen atoms in total. The predicted molar refractivity (Wildman–Crippen MR) is 68.2 cm³/mol. The number of aromatic nitrogens is 2. The van der Waals surface area contributed by atoms with E-state index < -0.39 is 5.82 Å². The fraction of sp³-hybridized carbons (Fsp3) is 0.692. The Labute approximate surface area is 107 Å². The second-order valence-electron chi connectivity index (χ2n) is 5.58. The molecule has 5 heteroatoms. The van der Waals surface area contributed by atoms with Crippen molar-refractivity contribution in [2.75, 3.05) is 12.4 Å². The summed E-state index contributed by atoms with van der Waals surface area (Å²) >= 11 is 0. The van der Waals surface area contributed by atoms with Crippen molar-refractivity contribution >= 4 is 5.95 Å². The maximum atomic E-state index is 13.5. The van der Waals surface area contributed by atoms with Crippen LogP contribution in [0.5, 0.6) is 5.88 Å². The van der Waals surface area contributed by atoms with Gasteiger partial charge in [-0.25, -0.2) is 4.98 Å². The van der Waals surface area contributed by atoms with Gasteiger partial charge in [-0.15, -0.1) is 0 Å². The summed E-state index contributed by atoms with van der Waals surface area (Å²) in [5.41, 5.74) is 0.375. The molecule has 1 saturated carbocycles. The van der Waals surface area contributed by atoms with Gasteiger partial charge in [-0.3, -0.25) is 0 Å². The third kappa shape index (κ3) is 3.09. The summed E-state index contributed by atoms with van der Waals surface area (Å²) in [6, 6.07) is 0. The zero-order valence-corrected chi connectivity index (χ0v) is 11.2. The minimum atomic E-state index is -0.501. The SMILES string of the molecule is CNc1ncc(F)c(OC2CCC(C)(C)CC2)n1. The van der Waals surface area contributed by atoms with Crippen LogP contribution in [-0.2, 0) is 0 Å². The first kappa shape index (κ1) is 13.1. The Balaban J connectivity index is 2.01. The van der Waals surface area contributed by atoms with Crippen molar-refractivity contribution < 1.29 is 9.13 Å². The molecule has 0 aliphatic heterocycles. The van der Waals surface area contributed by atoms with E-state index in [4.69, 9.17) is 4.74 Å². The molecule has 1 aromatic heterocycles. The van der Waals surface area contributed by atoms with Crippen LogP contribution >= 0.6 is 0 Å². The number of nitrogens with one attached hydrogen (secondary N) is 1. The van der Waals surface area contributed by atoms with Gasteiger partial charge in [-0.05, 0) is 31.1 Å². The van der Waals surface area contributed by atoms with Crippen molar-refractivity contribution in [2.24, 2.45) is 5.41 Å². The van der Waals surface area contributed by atoms with Gasteiger partial charge < -0.3 is 10.1 Å². The molecule has 2 rings (SSSR count). The average Bonchev–Trinajstić information content (AvgIpc) is 2.34. The van der Waals surface area contributed by atoms with Crippen LogP contribution in [-0.4, -0.2) is 23.1 Å². The van der Waals surface area contributed by atoms with Crippen LogP contribution in [0.15, 0.2) is 6.20 Å². The molecule has 0 amide bonds. The molecule has 0 saturated heterocycles. The first-order valence-electron chi connectivity index (χ1n) is 6.37. The number of nitrogens with zero attached hydrogens (tertiary/aromatic N) is 2. The summed E-state index contributed by atoms with van der Waals surface area (Å²) in [5.74, 6) is -0.0690. The Hall–Kier alpha value is -1.39. The number of hydrogen-bond acceptors (Lipinski definition) is 4. The molecule has 0 atom stereocenters. The summed E-state index contributed by atoms with van der Waals surface area (Å²) in [4.78, 5) is 7.80. The highest BCUT2D eigenvalue weighted by molar-refractivity contribution is 5.27. The molecule has 0 aromatic carbocycles. The molecule has 100 valence electrons. The van der Waals surface area contributed by atoms with Gasteiger partial charge in [-0.1, -0.05) is 13.8 Å². The summed E-state index contributed by atoms with van der Waals surface area (Å²) in [6.07, 6.45) is 5.30. The number of halogens is 1. The van der Waals surface area contributed by atoms with Gasteiger partial charge in [0.05, 0.1) is 6.20 Å². The Bertz CT molecular complexity index is 413. The van der Waals surface area contributed by atoms with E-state index in [1.54, 1.807) is 7.05 Å². The molecular weight excluding hydrogens is 233 g/mol. The third-order valence-electron chi connectivity index (χ3n) is 3.50. The third-order valence-corrected chi connectivity index (χ3v) is 3.50. The molecule has 1 aliphatic carbocycles. The topological polar surface area (TPSA) is 47.0 Å². The van der Waals surface area contributed by atoms with Crippen LogP contribution in [0.3, 0.4) is 0 Å². The van der Waals surface area contributed by atoms with E-state index in [1.165, 1.54) is 0 Å². The van der Waals surface area contributed by atoms with E-state index in [0.717, 1.165) is 31.9 Å². The maximum Gasteiger partial charge on any atom is 0.255 e. The van der Waals surface area contributed by atoms with Crippen molar-refractivity contribution in [2.45, 2.75) is 45.6 Å². The lowest BCUT2D eigenvalue weighted by molar-refractivity contribution is 0.0910. The Morgan fingerprint density at radius 1 is 1.39 bits per heavy atom. The lowest BCUT2D eigenvalue weighted by atomic mass is 9.76. The van der Waals surface area contributed by atoms with Crippen molar-refractivity contribution in [3.8, 4) is 5.88 Å². The molecular formula is C13H20FN3O. The van der Waals surface area contributed by atoms with E-state index in [0.29, 0.717) is 11.4 Å². The Morgan fingerprint density at radius 2 is 2.06 bits per heavy atom. The fourth-order valence-corrected chi connectivity index (χ4v) is 2.20. The highest BCUT2D eigenvalue weighted by atomic mass is 19.1. The molecule has 0 spiro atoms. The lowest BCUT2D eigenvalue weighted by Gasteiger charge is -2.34. The van der Waals surface area contributed by atoms with Crippen LogP contribution in [0.2, 0.25) is 0 Å². The Kier molecular flexibility index (Phi) is 3.68. The van der Waals surface area contributed by atoms with E-state index in [9.17, 15) is 4.39 Å². The van der Waals surface area contributed by atoms with E-state index in [1.807, 2.05) is 0 Å². The van der Waals surface area contributed by atoms with E-state index in [-0.39, 0.29) is 12.0 Å². The quantitative estimate of drug-likeness (QED) is 0.899. The average molecular weight is 253 g/mol. The molecule has 0 radical (unpaired) electrons. The van der Waals surface area contributed by atoms with Crippen molar-refractivity contribution in [1.82, 2.24) is 9.97 Å². The highest BCUT2D eigenvalue weighted by Gasteiger charge is 2.28. The van der Waals surface area contributed by atoms with Crippen LogP contribution in [0.1, 0.15) is 39.5 Å². The first-order valence-corrected chi connectivity index (χ1v) is 6.37. The Morgan fingerprint density at radius 3 is 2.67 bits per heavy atom. The molecule has 1 N–H and O–H groups in total. The molecule has 0 unspecified atom stereocenters. The zero-order valence-electron chi connectivity index (χ0n) is 11.2. The van der Waals surface area contributed by atoms with Crippen molar-refractivity contribution in [3.05, 3.63) is 12.0 Å². The van der Waals surface area contributed by atoms with E-state index >= 15 is 0 Å². The predicted octanol–water partition coefficient (Wildman–Crippen LogP) is 3.01. The van der Waals surface area contributed by atoms with Gasteiger partial charge in [0, 0.05) is 7.05 Å². The van der Waals surface area contributed by atoms with Gasteiger partial charge in [0.15, 0.2) is 0 Å². The minimum Gasteiger partial charge on any atom is -0.472 e. The molecule has 1 fully saturated rings. The molecule has 1 aromatic rings. The van der Waals surface area contributed by atoms with Gasteiger partial charge in [0.25, 0.3) is 5.88 Å². The molecule has 1 aliphatic rings. The molecule has 1 heterocycles. The standard InChI is InChI=1S/C13H20FN3O/c1-13(2)6-4-9(5-7-13)18-11-10(14)8-16-12(15-3)17-11/h8-9H,4-7H2,1-3H3,(H,15,16,17). The van der Waals surface area contributed by atoms with Crippen molar-refractivity contribution in [1.29, 1.82) is 0 Å². The molecule has 0 bridgehead atoms. The summed E-state index contributed by atoms with van der Waals surface area (Å²) < 4.78 is 19.2. The normalized spacial score (nSPS) is 19.6. The van der Waals surface area contributed by atoms with Gasteiger partial charge in [-0.2, -0.15) is 9.37 Å². The highest BCUT2D eigenvalue weighted by Crippen LogP contribution is 2.36. The maximum absolute atomic E-state index is 13.5. The van der Waals surface area contributed by atoms with Crippen LogP contribution in [0.4, 0.5) is 10.3 Å². The summed E-state index contributed by atoms with van der Waals surface area (Å²) in [7, 11) is 1.69. The smallest absolute Gasteiger partial charge is 0.255 e. The zero-order chi connectivity index (χ0) is 13.2. The second kappa shape index (κ2) is 5.08. The van der Waals surface area contributed by atoms with Gasteiger partial charge in [0.2, 0.25) is 11.8 Å². The van der Waals surface area contributed by atoms with Gasteiger partial charge in [0.1, 0.15) is 6.10 Å². The summed E-state index contributed by atoms with van der Waals surface area (Å²) in [5, 5.41) is 2.78. The number of anilines is 1. The van der Waals surface area contributed by atoms with Crippen LogP contribution in [0.25, 0.3) is 0 Å². The fourth-order valence-electron chi connectivity index (χ4n) is 2.20. The summed E-state index contributed by atoms with van der Waals surface area (Å²) in [6.45, 7) is 4.52. The first-order chi connectivity index (χ1) is 8.50. The minimum absolute atomic E-state index is 0.0547.